The summed E-state index contributed by atoms with van der Waals surface area (Å²) in [5.74, 6) is 1.48. The molecule has 0 unspecified atom stereocenters. The molecule has 1 aromatic carbocycles. The van der Waals surface area contributed by atoms with E-state index in [0.717, 1.165) is 22.2 Å². The SMILES string of the molecule is CCOc1ccc2nc(N)c(C(C)(C)C)cc2c1. The van der Waals surface area contributed by atoms with E-state index in [4.69, 9.17) is 10.5 Å². The van der Waals surface area contributed by atoms with E-state index < -0.39 is 0 Å². The molecule has 0 fully saturated rings. The van der Waals surface area contributed by atoms with Gasteiger partial charge in [-0.3, -0.25) is 0 Å². The highest BCUT2D eigenvalue weighted by Gasteiger charge is 2.18. The summed E-state index contributed by atoms with van der Waals surface area (Å²) in [7, 11) is 0. The van der Waals surface area contributed by atoms with E-state index in [2.05, 4.69) is 31.8 Å². The number of fused-ring (bicyclic) bond motifs is 1. The minimum Gasteiger partial charge on any atom is -0.494 e. The Balaban J connectivity index is 2.60. The molecule has 2 rings (SSSR count). The summed E-state index contributed by atoms with van der Waals surface area (Å²) in [4.78, 5) is 4.47. The fourth-order valence-electron chi connectivity index (χ4n) is 2.03. The first-order valence-electron chi connectivity index (χ1n) is 6.25. The molecule has 3 nitrogen and oxygen atoms in total. The number of rotatable bonds is 2. The monoisotopic (exact) mass is 244 g/mol. The second kappa shape index (κ2) is 4.48. The molecule has 1 aromatic heterocycles. The molecule has 0 saturated heterocycles. The Bertz CT molecular complexity index is 570. The van der Waals surface area contributed by atoms with Crippen LogP contribution in [-0.4, -0.2) is 11.6 Å². The van der Waals surface area contributed by atoms with E-state index >= 15 is 0 Å². The van der Waals surface area contributed by atoms with Crippen LogP contribution in [0.3, 0.4) is 0 Å². The van der Waals surface area contributed by atoms with Crippen LogP contribution in [0.2, 0.25) is 0 Å². The minimum absolute atomic E-state index is 0.00705. The number of aromatic nitrogens is 1. The first-order chi connectivity index (χ1) is 8.41. The van der Waals surface area contributed by atoms with Crippen LogP contribution in [0, 0.1) is 0 Å². The molecule has 0 atom stereocenters. The van der Waals surface area contributed by atoms with Crippen molar-refractivity contribution in [1.29, 1.82) is 0 Å². The molecule has 0 spiro atoms. The van der Waals surface area contributed by atoms with Gasteiger partial charge in [0.25, 0.3) is 0 Å². The molecule has 0 aliphatic carbocycles. The molecule has 2 aromatic rings. The van der Waals surface area contributed by atoms with Crippen molar-refractivity contribution < 1.29 is 4.74 Å². The zero-order chi connectivity index (χ0) is 13.3. The van der Waals surface area contributed by atoms with Crippen LogP contribution in [0.15, 0.2) is 24.3 Å². The lowest BCUT2D eigenvalue weighted by Gasteiger charge is -2.21. The van der Waals surface area contributed by atoms with Crippen LogP contribution >= 0.6 is 0 Å². The molecule has 3 heteroatoms. The lowest BCUT2D eigenvalue weighted by molar-refractivity contribution is 0.340. The molecule has 0 aliphatic heterocycles. The van der Waals surface area contributed by atoms with Gasteiger partial charge in [-0.2, -0.15) is 0 Å². The predicted molar refractivity (Wildman–Crippen MR) is 76.0 cm³/mol. The van der Waals surface area contributed by atoms with Crippen LogP contribution in [0.25, 0.3) is 10.9 Å². The molecular formula is C15H20N2O. The summed E-state index contributed by atoms with van der Waals surface area (Å²) < 4.78 is 5.51. The summed E-state index contributed by atoms with van der Waals surface area (Å²) in [6.07, 6.45) is 0. The van der Waals surface area contributed by atoms with Crippen molar-refractivity contribution in [1.82, 2.24) is 4.98 Å². The third-order valence-electron chi connectivity index (χ3n) is 2.93. The van der Waals surface area contributed by atoms with Crippen molar-refractivity contribution >= 4 is 16.7 Å². The van der Waals surface area contributed by atoms with Crippen molar-refractivity contribution in [3.05, 3.63) is 29.8 Å². The predicted octanol–water partition coefficient (Wildman–Crippen LogP) is 3.51. The van der Waals surface area contributed by atoms with Gasteiger partial charge in [0.05, 0.1) is 12.1 Å². The van der Waals surface area contributed by atoms with Crippen molar-refractivity contribution in [3.63, 3.8) is 0 Å². The Morgan fingerprint density at radius 1 is 1.22 bits per heavy atom. The fourth-order valence-corrected chi connectivity index (χ4v) is 2.03. The third kappa shape index (κ3) is 2.40. The van der Waals surface area contributed by atoms with Gasteiger partial charge >= 0.3 is 0 Å². The molecule has 0 bridgehead atoms. The van der Waals surface area contributed by atoms with Crippen molar-refractivity contribution in [2.45, 2.75) is 33.1 Å². The van der Waals surface area contributed by atoms with Crippen LogP contribution < -0.4 is 10.5 Å². The maximum atomic E-state index is 6.03. The smallest absolute Gasteiger partial charge is 0.127 e. The average Bonchev–Trinajstić information content (AvgIpc) is 2.27. The fraction of sp³-hybridized carbons (Fsp3) is 0.400. The lowest BCUT2D eigenvalue weighted by Crippen LogP contribution is -2.15. The van der Waals surface area contributed by atoms with Gasteiger partial charge in [0, 0.05) is 10.9 Å². The Hall–Kier alpha value is -1.77. The number of ether oxygens (including phenoxy) is 1. The molecule has 18 heavy (non-hydrogen) atoms. The van der Waals surface area contributed by atoms with E-state index in [0.29, 0.717) is 12.4 Å². The van der Waals surface area contributed by atoms with Gasteiger partial charge in [-0.25, -0.2) is 4.98 Å². The zero-order valence-electron chi connectivity index (χ0n) is 11.4. The number of nitrogens with two attached hydrogens (primary N) is 1. The molecule has 1 heterocycles. The summed E-state index contributed by atoms with van der Waals surface area (Å²) in [5, 5.41) is 1.07. The van der Waals surface area contributed by atoms with E-state index in [1.807, 2.05) is 25.1 Å². The Morgan fingerprint density at radius 2 is 1.94 bits per heavy atom. The van der Waals surface area contributed by atoms with Gasteiger partial charge in [0.1, 0.15) is 11.6 Å². The van der Waals surface area contributed by atoms with Crippen LogP contribution in [0.1, 0.15) is 33.3 Å². The van der Waals surface area contributed by atoms with Gasteiger partial charge in [-0.05, 0) is 36.6 Å². The Kier molecular flexibility index (Phi) is 3.16. The molecule has 0 saturated carbocycles. The zero-order valence-corrected chi connectivity index (χ0v) is 11.4. The highest BCUT2D eigenvalue weighted by atomic mass is 16.5. The second-order valence-corrected chi connectivity index (χ2v) is 5.46. The van der Waals surface area contributed by atoms with Gasteiger partial charge in [-0.1, -0.05) is 20.8 Å². The van der Waals surface area contributed by atoms with Crippen molar-refractivity contribution in [3.8, 4) is 5.75 Å². The highest BCUT2D eigenvalue weighted by Crippen LogP contribution is 2.30. The van der Waals surface area contributed by atoms with Gasteiger partial charge in [-0.15, -0.1) is 0 Å². The molecule has 2 N–H and O–H groups in total. The van der Waals surface area contributed by atoms with Crippen molar-refractivity contribution in [2.75, 3.05) is 12.3 Å². The normalized spacial score (nSPS) is 11.8. The van der Waals surface area contributed by atoms with Gasteiger partial charge in [0.2, 0.25) is 0 Å². The van der Waals surface area contributed by atoms with E-state index in [9.17, 15) is 0 Å². The average molecular weight is 244 g/mol. The summed E-state index contributed by atoms with van der Waals surface area (Å²) in [5.41, 5.74) is 8.00. The largest absolute Gasteiger partial charge is 0.494 e. The topological polar surface area (TPSA) is 48.1 Å². The van der Waals surface area contributed by atoms with E-state index in [-0.39, 0.29) is 5.41 Å². The third-order valence-corrected chi connectivity index (χ3v) is 2.93. The maximum Gasteiger partial charge on any atom is 0.127 e. The Labute approximate surface area is 108 Å². The molecule has 96 valence electrons. The number of hydrogen-bond acceptors (Lipinski definition) is 3. The number of nitrogens with zero attached hydrogens (tertiary/aromatic N) is 1. The standard InChI is InChI=1S/C15H20N2O/c1-5-18-11-6-7-13-10(8-11)9-12(14(16)17-13)15(2,3)4/h6-9H,5H2,1-4H3,(H2,16,17). The quantitative estimate of drug-likeness (QED) is 0.879. The van der Waals surface area contributed by atoms with Gasteiger partial charge in [0.15, 0.2) is 0 Å². The second-order valence-electron chi connectivity index (χ2n) is 5.46. The lowest BCUT2D eigenvalue weighted by atomic mass is 9.86. The number of hydrogen-bond donors (Lipinski definition) is 1. The van der Waals surface area contributed by atoms with Crippen molar-refractivity contribution in [2.24, 2.45) is 0 Å². The van der Waals surface area contributed by atoms with Crippen LogP contribution in [0.4, 0.5) is 5.82 Å². The summed E-state index contributed by atoms with van der Waals surface area (Å²) >= 11 is 0. The molecule has 0 amide bonds. The first-order valence-corrected chi connectivity index (χ1v) is 6.25. The summed E-state index contributed by atoms with van der Waals surface area (Å²) in [6.45, 7) is 9.06. The number of benzene rings is 1. The Morgan fingerprint density at radius 3 is 2.56 bits per heavy atom. The van der Waals surface area contributed by atoms with Crippen LogP contribution in [-0.2, 0) is 5.41 Å². The number of nitrogen functional groups attached to an aromatic ring is 1. The number of pyridine rings is 1. The molecule has 0 radical (unpaired) electrons. The molecule has 0 aliphatic rings. The molecular weight excluding hydrogens is 224 g/mol. The minimum atomic E-state index is -0.00705. The van der Waals surface area contributed by atoms with Crippen LogP contribution in [0.5, 0.6) is 5.75 Å². The highest BCUT2D eigenvalue weighted by molar-refractivity contribution is 5.83. The first kappa shape index (κ1) is 12.7. The van der Waals surface area contributed by atoms with E-state index in [1.54, 1.807) is 0 Å². The summed E-state index contributed by atoms with van der Waals surface area (Å²) in [6, 6.07) is 8.00. The van der Waals surface area contributed by atoms with E-state index in [1.165, 1.54) is 0 Å². The van der Waals surface area contributed by atoms with Gasteiger partial charge < -0.3 is 10.5 Å². The maximum absolute atomic E-state index is 6.03. The number of anilines is 1.